The van der Waals surface area contributed by atoms with Crippen LogP contribution in [0.4, 0.5) is 0 Å². The number of hydrogen-bond acceptors (Lipinski definition) is 4. The molecule has 0 aliphatic heterocycles. The van der Waals surface area contributed by atoms with E-state index in [-0.39, 0.29) is 0 Å². The Hall–Kier alpha value is -7.43. The zero-order valence-electron chi connectivity index (χ0n) is 29.6. The molecular weight excluding hydrogens is 671 g/mol. The number of para-hydroxylation sites is 2. The van der Waals surface area contributed by atoms with Crippen molar-refractivity contribution in [2.24, 2.45) is 0 Å². The summed E-state index contributed by atoms with van der Waals surface area (Å²) >= 11 is 0. The minimum atomic E-state index is 0.651. The maximum atomic E-state index is 6.51. The first-order valence-corrected chi connectivity index (χ1v) is 18.5. The van der Waals surface area contributed by atoms with Gasteiger partial charge >= 0.3 is 0 Å². The summed E-state index contributed by atoms with van der Waals surface area (Å²) in [5, 5.41) is 9.65. The molecular formula is C51H31N3O. The molecule has 0 fully saturated rings. The van der Waals surface area contributed by atoms with Crippen LogP contribution in [0.3, 0.4) is 0 Å². The number of benzene rings is 8. The molecule has 11 rings (SSSR count). The molecule has 0 atom stereocenters. The van der Waals surface area contributed by atoms with E-state index in [0.717, 1.165) is 72.3 Å². The molecule has 0 N–H and O–H groups in total. The molecule has 0 aliphatic rings. The normalized spacial score (nSPS) is 11.6. The first-order chi connectivity index (χ1) is 27.2. The van der Waals surface area contributed by atoms with E-state index in [1.807, 2.05) is 54.9 Å². The van der Waals surface area contributed by atoms with Crippen molar-refractivity contribution in [1.82, 2.24) is 15.0 Å². The van der Waals surface area contributed by atoms with Crippen molar-refractivity contribution in [3.05, 3.63) is 188 Å². The van der Waals surface area contributed by atoms with Crippen LogP contribution in [0.1, 0.15) is 0 Å². The molecule has 0 aliphatic carbocycles. The van der Waals surface area contributed by atoms with Crippen LogP contribution in [0.15, 0.2) is 193 Å². The lowest BCUT2D eigenvalue weighted by Gasteiger charge is -2.15. The number of hydrogen-bond donors (Lipinski definition) is 0. The first-order valence-electron chi connectivity index (χ1n) is 18.5. The van der Waals surface area contributed by atoms with Crippen molar-refractivity contribution < 1.29 is 4.42 Å². The average Bonchev–Trinajstić information content (AvgIpc) is 3.66. The summed E-state index contributed by atoms with van der Waals surface area (Å²) in [7, 11) is 0. The van der Waals surface area contributed by atoms with Crippen molar-refractivity contribution >= 4 is 54.3 Å². The fourth-order valence-electron chi connectivity index (χ4n) is 8.13. The van der Waals surface area contributed by atoms with Gasteiger partial charge in [0.15, 0.2) is 5.82 Å². The minimum Gasteiger partial charge on any atom is -0.455 e. The highest BCUT2D eigenvalue weighted by Gasteiger charge is 2.18. The number of nitrogens with zero attached hydrogens (tertiary/aromatic N) is 3. The highest BCUT2D eigenvalue weighted by molar-refractivity contribution is 6.25. The quantitative estimate of drug-likeness (QED) is 0.168. The third-order valence-corrected chi connectivity index (χ3v) is 10.7. The Morgan fingerprint density at radius 3 is 1.69 bits per heavy atom. The summed E-state index contributed by atoms with van der Waals surface area (Å²) in [4.78, 5) is 14.9. The van der Waals surface area contributed by atoms with Gasteiger partial charge in [0.1, 0.15) is 11.2 Å². The fraction of sp³-hybridized carbons (Fsp3) is 0. The van der Waals surface area contributed by atoms with Crippen LogP contribution < -0.4 is 0 Å². The van der Waals surface area contributed by atoms with Crippen LogP contribution in [-0.2, 0) is 0 Å². The Bertz CT molecular complexity index is 3220. The third-order valence-electron chi connectivity index (χ3n) is 10.7. The summed E-state index contributed by atoms with van der Waals surface area (Å²) in [5.74, 6) is 0.651. The topological polar surface area (TPSA) is 51.8 Å². The Kier molecular flexibility index (Phi) is 7.14. The van der Waals surface area contributed by atoms with Gasteiger partial charge in [-0.15, -0.1) is 0 Å². The summed E-state index contributed by atoms with van der Waals surface area (Å²) < 4.78 is 6.51. The van der Waals surface area contributed by atoms with Crippen LogP contribution in [0.2, 0.25) is 0 Å². The van der Waals surface area contributed by atoms with Crippen LogP contribution in [0.25, 0.3) is 110 Å². The number of aromatic nitrogens is 3. The molecule has 256 valence electrons. The van der Waals surface area contributed by atoms with E-state index < -0.39 is 0 Å². The van der Waals surface area contributed by atoms with E-state index in [4.69, 9.17) is 14.4 Å². The van der Waals surface area contributed by atoms with Gasteiger partial charge in [0.05, 0.1) is 11.4 Å². The van der Waals surface area contributed by atoms with Crippen LogP contribution >= 0.6 is 0 Å². The lowest BCUT2D eigenvalue weighted by Crippen LogP contribution is -1.97. The van der Waals surface area contributed by atoms with E-state index in [0.29, 0.717) is 5.82 Å². The van der Waals surface area contributed by atoms with E-state index in [1.54, 1.807) is 0 Å². The Morgan fingerprint density at radius 1 is 0.345 bits per heavy atom. The van der Waals surface area contributed by atoms with Crippen molar-refractivity contribution in [2.45, 2.75) is 0 Å². The number of furan rings is 1. The van der Waals surface area contributed by atoms with Gasteiger partial charge in [-0.3, -0.25) is 4.98 Å². The SMILES string of the molecule is c1ccc(-c2nc(-c3cc(-c4cccnc4)cc(-c4ccc5c6ccccc6c6ccccc6c5c4)c3)cc(-c3cccc4c3oc3ccccc34)n2)cc1. The zero-order chi connectivity index (χ0) is 36.3. The van der Waals surface area contributed by atoms with Crippen molar-refractivity contribution in [2.75, 3.05) is 0 Å². The maximum Gasteiger partial charge on any atom is 0.160 e. The summed E-state index contributed by atoms with van der Waals surface area (Å²) in [5.41, 5.74) is 10.5. The minimum absolute atomic E-state index is 0.651. The molecule has 0 saturated carbocycles. The van der Waals surface area contributed by atoms with Gasteiger partial charge in [-0.25, -0.2) is 9.97 Å². The molecule has 4 nitrogen and oxygen atoms in total. The lowest BCUT2D eigenvalue weighted by atomic mass is 9.90. The molecule has 0 unspecified atom stereocenters. The van der Waals surface area contributed by atoms with E-state index >= 15 is 0 Å². The third kappa shape index (κ3) is 5.26. The second-order valence-electron chi connectivity index (χ2n) is 14.0. The summed E-state index contributed by atoms with van der Waals surface area (Å²) in [6.07, 6.45) is 3.74. The van der Waals surface area contributed by atoms with Crippen molar-refractivity contribution in [3.8, 4) is 56.2 Å². The monoisotopic (exact) mass is 701 g/mol. The average molecular weight is 702 g/mol. The second-order valence-corrected chi connectivity index (χ2v) is 14.0. The number of fused-ring (bicyclic) bond motifs is 9. The highest BCUT2D eigenvalue weighted by atomic mass is 16.3. The van der Waals surface area contributed by atoms with Gasteiger partial charge in [0.25, 0.3) is 0 Å². The van der Waals surface area contributed by atoms with Gasteiger partial charge in [-0.1, -0.05) is 127 Å². The predicted octanol–water partition coefficient (Wildman–Crippen LogP) is 13.6. The Morgan fingerprint density at radius 2 is 0.945 bits per heavy atom. The Balaban J connectivity index is 1.16. The number of pyridine rings is 1. The van der Waals surface area contributed by atoms with Crippen molar-refractivity contribution in [1.29, 1.82) is 0 Å². The standard InChI is InChI=1S/C51H31N3O/c1-2-12-32(13-3-1)51-53-47(30-48(54-51)45-21-10-20-44-43-19-8-9-22-49(43)55-50(44)45)37-27-35(26-36(28-37)34-14-11-25-52-31-34)33-23-24-42-40-17-5-4-15-38(40)39-16-6-7-18-41(39)46(42)29-33/h1-31H. The Labute approximate surface area is 317 Å². The molecule has 0 bridgehead atoms. The predicted molar refractivity (Wildman–Crippen MR) is 227 cm³/mol. The molecule has 4 heteroatoms. The lowest BCUT2D eigenvalue weighted by molar-refractivity contribution is 0.670. The largest absolute Gasteiger partial charge is 0.455 e. The van der Waals surface area contributed by atoms with Gasteiger partial charge in [-0.05, 0) is 97.5 Å². The van der Waals surface area contributed by atoms with E-state index in [9.17, 15) is 0 Å². The molecule has 55 heavy (non-hydrogen) atoms. The van der Waals surface area contributed by atoms with Crippen LogP contribution in [0, 0.1) is 0 Å². The molecule has 11 aromatic rings. The second kappa shape index (κ2) is 12.6. The summed E-state index contributed by atoms with van der Waals surface area (Å²) in [6.45, 7) is 0. The van der Waals surface area contributed by atoms with Crippen molar-refractivity contribution in [3.63, 3.8) is 0 Å². The molecule has 3 aromatic heterocycles. The van der Waals surface area contributed by atoms with Gasteiger partial charge < -0.3 is 4.42 Å². The molecule has 0 amide bonds. The zero-order valence-corrected chi connectivity index (χ0v) is 29.6. The number of rotatable bonds is 5. The first kappa shape index (κ1) is 31.1. The smallest absolute Gasteiger partial charge is 0.160 e. The summed E-state index contributed by atoms with van der Waals surface area (Å²) in [6, 6.07) is 61.9. The van der Waals surface area contributed by atoms with Gasteiger partial charge in [0, 0.05) is 45.4 Å². The van der Waals surface area contributed by atoms with Crippen LogP contribution in [0.5, 0.6) is 0 Å². The van der Waals surface area contributed by atoms with Crippen LogP contribution in [-0.4, -0.2) is 15.0 Å². The molecule has 8 aromatic carbocycles. The van der Waals surface area contributed by atoms with Gasteiger partial charge in [0.2, 0.25) is 0 Å². The molecule has 0 saturated heterocycles. The van der Waals surface area contributed by atoms with Gasteiger partial charge in [-0.2, -0.15) is 0 Å². The fourth-order valence-corrected chi connectivity index (χ4v) is 8.13. The molecule has 3 heterocycles. The van der Waals surface area contributed by atoms with E-state index in [1.165, 1.54) is 32.3 Å². The molecule has 0 spiro atoms. The maximum absolute atomic E-state index is 6.51. The highest BCUT2D eigenvalue weighted by Crippen LogP contribution is 2.41. The molecule has 0 radical (unpaired) electrons. The van der Waals surface area contributed by atoms with E-state index in [2.05, 4.69) is 138 Å².